The third-order valence-electron chi connectivity index (χ3n) is 6.15. The molecular formula is C29H24N4O4S. The van der Waals surface area contributed by atoms with Gasteiger partial charge in [-0.2, -0.15) is 5.26 Å². The number of nitrogens with zero attached hydrogens (tertiary/aromatic N) is 3. The summed E-state index contributed by atoms with van der Waals surface area (Å²) in [5, 5.41) is 10.8. The average Bonchev–Trinajstić information content (AvgIpc) is 3.24. The van der Waals surface area contributed by atoms with Gasteiger partial charge in [0.25, 0.3) is 10.0 Å². The number of rotatable bonds is 8. The monoisotopic (exact) mass is 524 g/mol. The van der Waals surface area contributed by atoms with Crippen LogP contribution in [0, 0.1) is 11.3 Å². The number of carbonyl (C=O) groups is 1. The zero-order valence-electron chi connectivity index (χ0n) is 20.6. The number of hydrogen-bond donors (Lipinski definition) is 1. The maximum absolute atomic E-state index is 13.2. The van der Waals surface area contributed by atoms with Crippen LogP contribution in [0.25, 0.3) is 21.8 Å². The Kier molecular flexibility index (Phi) is 6.81. The normalized spacial score (nSPS) is 11.4. The molecule has 0 amide bonds. The van der Waals surface area contributed by atoms with Crippen LogP contribution in [-0.2, 0) is 32.5 Å². The van der Waals surface area contributed by atoms with Crippen molar-refractivity contribution in [1.82, 2.24) is 9.55 Å². The predicted octanol–water partition coefficient (Wildman–Crippen LogP) is 5.02. The number of anilines is 1. The zero-order chi connectivity index (χ0) is 26.7. The summed E-state index contributed by atoms with van der Waals surface area (Å²) in [6.45, 7) is 1.91. The maximum Gasteiger partial charge on any atom is 0.326 e. The van der Waals surface area contributed by atoms with E-state index >= 15 is 0 Å². The van der Waals surface area contributed by atoms with Crippen molar-refractivity contribution in [2.24, 2.45) is 0 Å². The Labute approximate surface area is 220 Å². The molecule has 0 saturated heterocycles. The number of nitriles is 1. The molecule has 0 fully saturated rings. The molecule has 0 atom stereocenters. The molecule has 5 aromatic rings. The number of nitrogens with one attached hydrogen (secondary N) is 1. The van der Waals surface area contributed by atoms with E-state index in [-0.39, 0.29) is 18.0 Å². The second-order valence-electron chi connectivity index (χ2n) is 8.72. The van der Waals surface area contributed by atoms with Gasteiger partial charge in [-0.05, 0) is 65.7 Å². The van der Waals surface area contributed by atoms with Crippen LogP contribution in [0.15, 0.2) is 89.8 Å². The summed E-state index contributed by atoms with van der Waals surface area (Å²) in [6.07, 6.45) is 0.415. The lowest BCUT2D eigenvalue weighted by atomic mass is 10.1. The Morgan fingerprint density at radius 1 is 1.00 bits per heavy atom. The topological polar surface area (TPSA) is 114 Å². The fourth-order valence-electron chi connectivity index (χ4n) is 4.31. The van der Waals surface area contributed by atoms with Crippen molar-refractivity contribution >= 4 is 43.5 Å². The molecule has 0 bridgehead atoms. The van der Waals surface area contributed by atoms with Gasteiger partial charge in [0.1, 0.15) is 12.4 Å². The summed E-state index contributed by atoms with van der Waals surface area (Å²) in [5.74, 6) is 0.197. The maximum atomic E-state index is 13.2. The summed E-state index contributed by atoms with van der Waals surface area (Å²) in [6, 6.07) is 26.8. The molecule has 1 aromatic heterocycles. The minimum atomic E-state index is -3.86. The summed E-state index contributed by atoms with van der Waals surface area (Å²) in [5.41, 5.74) is 3.03. The Balaban J connectivity index is 1.50. The van der Waals surface area contributed by atoms with E-state index in [1.807, 2.05) is 36.4 Å². The highest BCUT2D eigenvalue weighted by atomic mass is 32.2. The van der Waals surface area contributed by atoms with E-state index in [1.165, 1.54) is 0 Å². The number of benzene rings is 4. The fourth-order valence-corrected chi connectivity index (χ4v) is 5.40. The molecule has 0 radical (unpaired) electrons. The highest BCUT2D eigenvalue weighted by Gasteiger charge is 2.19. The lowest BCUT2D eigenvalue weighted by Gasteiger charge is -2.11. The van der Waals surface area contributed by atoms with E-state index in [0.29, 0.717) is 34.5 Å². The molecular weight excluding hydrogens is 500 g/mol. The number of carbonyl (C=O) groups excluding carboxylic acids is 1. The van der Waals surface area contributed by atoms with Crippen molar-refractivity contribution in [3.63, 3.8) is 0 Å². The van der Waals surface area contributed by atoms with Gasteiger partial charge < -0.3 is 9.30 Å². The first kappa shape index (κ1) is 25.0. The van der Waals surface area contributed by atoms with Crippen LogP contribution >= 0.6 is 0 Å². The SMILES string of the molecule is CCOC(=O)Cn1c(Cc2ccc(C#N)cc2)nc2ccc(NS(=O)(=O)c3ccc4ccccc4c3)cc21. The van der Waals surface area contributed by atoms with Crippen LogP contribution in [0.2, 0.25) is 0 Å². The van der Waals surface area contributed by atoms with E-state index in [0.717, 1.165) is 16.3 Å². The summed E-state index contributed by atoms with van der Waals surface area (Å²) >= 11 is 0. The van der Waals surface area contributed by atoms with Gasteiger partial charge in [-0.15, -0.1) is 0 Å². The smallest absolute Gasteiger partial charge is 0.326 e. The Morgan fingerprint density at radius 3 is 2.50 bits per heavy atom. The van der Waals surface area contributed by atoms with Gasteiger partial charge in [0.15, 0.2) is 0 Å². The van der Waals surface area contributed by atoms with Gasteiger partial charge in [0, 0.05) is 6.42 Å². The zero-order valence-corrected chi connectivity index (χ0v) is 21.4. The number of sulfonamides is 1. The van der Waals surface area contributed by atoms with E-state index in [2.05, 4.69) is 10.8 Å². The molecule has 4 aromatic carbocycles. The standard InChI is InChI=1S/C29H24N4O4S/c1-2-37-29(34)19-33-27-17-24(32-38(35,36)25-13-11-22-5-3-4-6-23(22)16-25)12-14-26(27)31-28(33)15-20-7-9-21(18-30)10-8-20/h3-14,16-17,32H,2,15,19H2,1H3. The van der Waals surface area contributed by atoms with Crippen LogP contribution in [-0.4, -0.2) is 30.5 Å². The van der Waals surface area contributed by atoms with Crippen LogP contribution in [0.4, 0.5) is 5.69 Å². The van der Waals surface area contributed by atoms with Crippen molar-refractivity contribution in [2.75, 3.05) is 11.3 Å². The van der Waals surface area contributed by atoms with Gasteiger partial charge in [0.05, 0.1) is 39.9 Å². The Bertz CT molecular complexity index is 1800. The number of ether oxygens (including phenoxy) is 1. The van der Waals surface area contributed by atoms with Gasteiger partial charge in [0.2, 0.25) is 0 Å². The molecule has 0 saturated carbocycles. The number of imidazole rings is 1. The van der Waals surface area contributed by atoms with Gasteiger partial charge in [-0.25, -0.2) is 13.4 Å². The molecule has 0 aliphatic carbocycles. The fraction of sp³-hybridized carbons (Fsp3) is 0.138. The molecule has 0 unspecified atom stereocenters. The molecule has 190 valence electrons. The average molecular weight is 525 g/mol. The predicted molar refractivity (Wildman–Crippen MR) is 145 cm³/mol. The third kappa shape index (κ3) is 5.21. The molecule has 0 spiro atoms. The molecule has 38 heavy (non-hydrogen) atoms. The minimum absolute atomic E-state index is 0.0726. The van der Waals surface area contributed by atoms with E-state index in [4.69, 9.17) is 15.0 Å². The van der Waals surface area contributed by atoms with Crippen LogP contribution in [0.5, 0.6) is 0 Å². The van der Waals surface area contributed by atoms with Gasteiger partial charge in [-0.1, -0.05) is 42.5 Å². The molecule has 1 heterocycles. The van der Waals surface area contributed by atoms with E-state index < -0.39 is 16.0 Å². The highest BCUT2D eigenvalue weighted by Crippen LogP contribution is 2.26. The first-order chi connectivity index (χ1) is 18.4. The molecule has 0 aliphatic rings. The van der Waals surface area contributed by atoms with Gasteiger partial charge in [-0.3, -0.25) is 9.52 Å². The summed E-state index contributed by atoms with van der Waals surface area (Å²) < 4.78 is 36.0. The quantitative estimate of drug-likeness (QED) is 0.285. The Morgan fingerprint density at radius 2 is 1.76 bits per heavy atom. The van der Waals surface area contributed by atoms with E-state index in [9.17, 15) is 13.2 Å². The number of hydrogen-bond acceptors (Lipinski definition) is 6. The first-order valence-corrected chi connectivity index (χ1v) is 13.5. The largest absolute Gasteiger partial charge is 0.465 e. The van der Waals surface area contributed by atoms with Crippen LogP contribution in [0.3, 0.4) is 0 Å². The van der Waals surface area contributed by atoms with Gasteiger partial charge >= 0.3 is 5.97 Å². The molecule has 5 rings (SSSR count). The third-order valence-corrected chi connectivity index (χ3v) is 7.53. The van der Waals surface area contributed by atoms with Crippen molar-refractivity contribution < 1.29 is 17.9 Å². The van der Waals surface area contributed by atoms with Crippen molar-refractivity contribution in [1.29, 1.82) is 5.26 Å². The molecule has 1 N–H and O–H groups in total. The second kappa shape index (κ2) is 10.4. The molecule has 8 nitrogen and oxygen atoms in total. The van der Waals surface area contributed by atoms with Crippen molar-refractivity contribution in [3.05, 3.63) is 102 Å². The Hall–Kier alpha value is -4.68. The lowest BCUT2D eigenvalue weighted by Crippen LogP contribution is -2.16. The lowest BCUT2D eigenvalue weighted by molar-refractivity contribution is -0.143. The summed E-state index contributed by atoms with van der Waals surface area (Å²) in [4.78, 5) is 17.3. The van der Waals surface area contributed by atoms with Crippen LogP contribution in [0.1, 0.15) is 23.9 Å². The minimum Gasteiger partial charge on any atom is -0.465 e. The number of esters is 1. The van der Waals surface area contributed by atoms with Crippen LogP contribution < -0.4 is 4.72 Å². The second-order valence-corrected chi connectivity index (χ2v) is 10.4. The van der Waals surface area contributed by atoms with E-state index in [1.54, 1.807) is 60.0 Å². The molecule has 9 heteroatoms. The van der Waals surface area contributed by atoms with Crippen molar-refractivity contribution in [2.45, 2.75) is 24.8 Å². The molecule has 0 aliphatic heterocycles. The first-order valence-electron chi connectivity index (χ1n) is 12.0. The number of fused-ring (bicyclic) bond motifs is 2. The summed E-state index contributed by atoms with van der Waals surface area (Å²) in [7, 11) is -3.86. The van der Waals surface area contributed by atoms with Crippen molar-refractivity contribution in [3.8, 4) is 6.07 Å². The number of aromatic nitrogens is 2. The highest BCUT2D eigenvalue weighted by molar-refractivity contribution is 7.92.